The van der Waals surface area contributed by atoms with E-state index < -0.39 is 0 Å². The predicted octanol–water partition coefficient (Wildman–Crippen LogP) is 3.48. The van der Waals surface area contributed by atoms with Crippen molar-refractivity contribution in [3.05, 3.63) is 52.0 Å². The zero-order valence-corrected chi connectivity index (χ0v) is 10.5. The number of anilines is 1. The van der Waals surface area contributed by atoms with Crippen LogP contribution in [-0.2, 0) is 6.42 Å². The van der Waals surface area contributed by atoms with Crippen LogP contribution in [0.25, 0.3) is 0 Å². The lowest BCUT2D eigenvalue weighted by Gasteiger charge is -2.29. The predicted molar refractivity (Wildman–Crippen MR) is 70.7 cm³/mol. The number of hydrogen-bond acceptors (Lipinski definition) is 2. The van der Waals surface area contributed by atoms with Crippen molar-refractivity contribution in [1.29, 1.82) is 0 Å². The Kier molecular flexibility index (Phi) is 2.88. The van der Waals surface area contributed by atoms with Crippen LogP contribution in [0.15, 0.2) is 35.7 Å². The summed E-state index contributed by atoms with van der Waals surface area (Å²) in [5.41, 5.74) is 1.77. The summed E-state index contributed by atoms with van der Waals surface area (Å²) in [6, 6.07) is 8.35. The molecule has 4 heteroatoms. The van der Waals surface area contributed by atoms with E-state index in [1.807, 2.05) is 11.4 Å². The minimum absolute atomic E-state index is 0.0310. The molecule has 2 heterocycles. The van der Waals surface area contributed by atoms with Gasteiger partial charge in [-0.1, -0.05) is 12.1 Å². The van der Waals surface area contributed by atoms with E-state index in [9.17, 15) is 9.18 Å². The number of aryl methyl sites for hydroxylation is 1. The number of carbonyl (C=O) groups is 1. The van der Waals surface area contributed by atoms with E-state index in [4.69, 9.17) is 0 Å². The maximum atomic E-state index is 13.3. The molecule has 0 fully saturated rings. The van der Waals surface area contributed by atoms with Crippen LogP contribution < -0.4 is 4.90 Å². The molecular weight excluding hydrogens is 249 g/mol. The van der Waals surface area contributed by atoms with Gasteiger partial charge in [0.25, 0.3) is 5.91 Å². The SMILES string of the molecule is O=C(c1cccs1)N1CCCc2ccc(F)cc21. The molecule has 0 bridgehead atoms. The monoisotopic (exact) mass is 261 g/mol. The lowest BCUT2D eigenvalue weighted by atomic mass is 10.0. The molecule has 18 heavy (non-hydrogen) atoms. The first-order valence-electron chi connectivity index (χ1n) is 5.89. The van der Waals surface area contributed by atoms with Crippen molar-refractivity contribution in [2.75, 3.05) is 11.4 Å². The van der Waals surface area contributed by atoms with E-state index in [1.165, 1.54) is 23.5 Å². The Morgan fingerprint density at radius 2 is 2.22 bits per heavy atom. The van der Waals surface area contributed by atoms with Crippen LogP contribution in [0.5, 0.6) is 0 Å². The number of carbonyl (C=O) groups excluding carboxylic acids is 1. The zero-order chi connectivity index (χ0) is 12.5. The standard InChI is InChI=1S/C14H12FNOS/c15-11-6-5-10-3-1-7-16(12(10)9-11)14(17)13-4-2-8-18-13/h2,4-6,8-9H,1,3,7H2. The summed E-state index contributed by atoms with van der Waals surface area (Å²) in [7, 11) is 0. The zero-order valence-electron chi connectivity index (χ0n) is 9.73. The lowest BCUT2D eigenvalue weighted by Crippen LogP contribution is -2.35. The summed E-state index contributed by atoms with van der Waals surface area (Å²) < 4.78 is 13.3. The van der Waals surface area contributed by atoms with E-state index in [1.54, 1.807) is 17.0 Å². The second kappa shape index (κ2) is 4.53. The van der Waals surface area contributed by atoms with Crippen molar-refractivity contribution in [1.82, 2.24) is 0 Å². The molecule has 1 amide bonds. The highest BCUT2D eigenvalue weighted by Crippen LogP contribution is 2.29. The van der Waals surface area contributed by atoms with Crippen molar-refractivity contribution in [3.8, 4) is 0 Å². The highest BCUT2D eigenvalue weighted by Gasteiger charge is 2.24. The summed E-state index contributed by atoms with van der Waals surface area (Å²) in [6.07, 6.45) is 1.83. The van der Waals surface area contributed by atoms with Crippen molar-refractivity contribution in [2.24, 2.45) is 0 Å². The quantitative estimate of drug-likeness (QED) is 0.769. The first kappa shape index (κ1) is 11.4. The molecule has 0 radical (unpaired) electrons. The number of fused-ring (bicyclic) bond motifs is 1. The Balaban J connectivity index is 2.01. The molecule has 0 atom stereocenters. The van der Waals surface area contributed by atoms with E-state index in [0.29, 0.717) is 11.4 Å². The van der Waals surface area contributed by atoms with Crippen LogP contribution in [0.1, 0.15) is 21.7 Å². The molecule has 1 aromatic carbocycles. The van der Waals surface area contributed by atoms with Gasteiger partial charge in [0.2, 0.25) is 0 Å². The fourth-order valence-corrected chi connectivity index (χ4v) is 2.96. The van der Waals surface area contributed by atoms with Crippen molar-refractivity contribution in [3.63, 3.8) is 0 Å². The topological polar surface area (TPSA) is 20.3 Å². The van der Waals surface area contributed by atoms with Gasteiger partial charge in [-0.2, -0.15) is 0 Å². The van der Waals surface area contributed by atoms with Gasteiger partial charge in [0.05, 0.1) is 10.6 Å². The summed E-state index contributed by atoms with van der Waals surface area (Å²) in [6.45, 7) is 0.660. The number of thiophene rings is 1. The third-order valence-electron chi connectivity index (χ3n) is 3.14. The van der Waals surface area contributed by atoms with E-state index in [0.717, 1.165) is 24.1 Å². The van der Waals surface area contributed by atoms with Gasteiger partial charge < -0.3 is 4.90 Å². The number of halogens is 1. The van der Waals surface area contributed by atoms with Crippen LogP contribution in [0.4, 0.5) is 10.1 Å². The van der Waals surface area contributed by atoms with Crippen LogP contribution >= 0.6 is 11.3 Å². The molecule has 0 saturated carbocycles. The average molecular weight is 261 g/mol. The van der Waals surface area contributed by atoms with Crippen LogP contribution in [0.3, 0.4) is 0 Å². The minimum Gasteiger partial charge on any atom is -0.307 e. The molecule has 2 aromatic rings. The highest BCUT2D eigenvalue weighted by molar-refractivity contribution is 7.12. The van der Waals surface area contributed by atoms with E-state index in [-0.39, 0.29) is 11.7 Å². The molecule has 1 aliphatic heterocycles. The van der Waals surface area contributed by atoms with Crippen molar-refractivity contribution < 1.29 is 9.18 Å². The molecule has 92 valence electrons. The largest absolute Gasteiger partial charge is 0.307 e. The van der Waals surface area contributed by atoms with Crippen LogP contribution in [-0.4, -0.2) is 12.5 Å². The Morgan fingerprint density at radius 3 is 3.00 bits per heavy atom. The fourth-order valence-electron chi connectivity index (χ4n) is 2.29. The molecule has 0 N–H and O–H groups in total. The normalized spacial score (nSPS) is 14.4. The second-order valence-corrected chi connectivity index (χ2v) is 5.26. The first-order chi connectivity index (χ1) is 8.75. The number of benzene rings is 1. The highest BCUT2D eigenvalue weighted by atomic mass is 32.1. The summed E-state index contributed by atoms with van der Waals surface area (Å²) in [4.78, 5) is 14.7. The third kappa shape index (κ3) is 1.93. The lowest BCUT2D eigenvalue weighted by molar-refractivity contribution is 0.0989. The van der Waals surface area contributed by atoms with Gasteiger partial charge in [-0.25, -0.2) is 4.39 Å². The maximum absolute atomic E-state index is 13.3. The molecule has 0 saturated heterocycles. The Bertz CT molecular complexity index is 579. The summed E-state index contributed by atoms with van der Waals surface area (Å²) in [5.74, 6) is -0.323. The Labute approximate surface area is 109 Å². The maximum Gasteiger partial charge on any atom is 0.268 e. The molecular formula is C14H12FNOS. The molecule has 0 aliphatic carbocycles. The van der Waals surface area contributed by atoms with Gasteiger partial charge in [-0.15, -0.1) is 11.3 Å². The van der Waals surface area contributed by atoms with Gasteiger partial charge >= 0.3 is 0 Å². The van der Waals surface area contributed by atoms with Crippen molar-refractivity contribution >= 4 is 22.9 Å². The first-order valence-corrected chi connectivity index (χ1v) is 6.77. The van der Waals surface area contributed by atoms with Gasteiger partial charge in [-0.3, -0.25) is 4.79 Å². The van der Waals surface area contributed by atoms with E-state index in [2.05, 4.69) is 0 Å². The van der Waals surface area contributed by atoms with Gasteiger partial charge in [-0.05, 0) is 42.0 Å². The second-order valence-electron chi connectivity index (χ2n) is 4.31. The number of rotatable bonds is 1. The molecule has 0 spiro atoms. The fraction of sp³-hybridized carbons (Fsp3) is 0.214. The summed E-state index contributed by atoms with van der Waals surface area (Å²) >= 11 is 1.42. The van der Waals surface area contributed by atoms with Gasteiger partial charge in [0.1, 0.15) is 5.82 Å². The van der Waals surface area contributed by atoms with Crippen molar-refractivity contribution in [2.45, 2.75) is 12.8 Å². The van der Waals surface area contributed by atoms with Crippen LogP contribution in [0, 0.1) is 5.82 Å². The Hall–Kier alpha value is -1.68. The number of nitrogens with zero attached hydrogens (tertiary/aromatic N) is 1. The molecule has 0 unspecified atom stereocenters. The number of hydrogen-bond donors (Lipinski definition) is 0. The molecule has 1 aromatic heterocycles. The van der Waals surface area contributed by atoms with Gasteiger partial charge in [0.15, 0.2) is 0 Å². The minimum atomic E-state index is -0.292. The van der Waals surface area contributed by atoms with E-state index >= 15 is 0 Å². The molecule has 1 aliphatic rings. The average Bonchev–Trinajstić information content (AvgIpc) is 2.91. The Morgan fingerprint density at radius 1 is 1.33 bits per heavy atom. The van der Waals surface area contributed by atoms with Gasteiger partial charge in [0, 0.05) is 6.54 Å². The third-order valence-corrected chi connectivity index (χ3v) is 4.00. The molecule has 3 rings (SSSR count). The van der Waals surface area contributed by atoms with Crippen LogP contribution in [0.2, 0.25) is 0 Å². The smallest absolute Gasteiger partial charge is 0.268 e. The molecule has 2 nitrogen and oxygen atoms in total. The summed E-state index contributed by atoms with van der Waals surface area (Å²) in [5, 5.41) is 1.88. The number of amides is 1.